The fraction of sp³-hybridized carbons (Fsp3) is 0.0714. The van der Waals surface area contributed by atoms with Crippen molar-refractivity contribution in [1.82, 2.24) is 4.98 Å². The maximum absolute atomic E-state index is 5.18. The van der Waals surface area contributed by atoms with E-state index in [0.29, 0.717) is 5.90 Å². The Morgan fingerprint density at radius 2 is 1.83 bits per heavy atom. The fourth-order valence-electron chi connectivity index (χ4n) is 1.40. The van der Waals surface area contributed by atoms with Crippen LogP contribution in [0.15, 0.2) is 65.1 Å². The molecule has 1 aromatic carbocycles. The fourth-order valence-corrected chi connectivity index (χ4v) is 1.40. The first-order valence-electron chi connectivity index (χ1n) is 5.50. The van der Waals surface area contributed by atoms with Crippen LogP contribution in [0, 0.1) is 0 Å². The molecule has 0 unspecified atom stereocenters. The molecule has 0 aliphatic rings. The Labute approximate surface area is 106 Å². The summed E-state index contributed by atoms with van der Waals surface area (Å²) < 4.78 is 5.18. The van der Waals surface area contributed by atoms with Crippen molar-refractivity contribution in [1.29, 1.82) is 0 Å². The van der Waals surface area contributed by atoms with E-state index in [4.69, 9.17) is 4.74 Å². The number of aromatic nitrogens is 1. The molecule has 2 rings (SSSR count). The molecule has 0 saturated heterocycles. The number of rotatable bonds is 3. The van der Waals surface area contributed by atoms with E-state index in [-0.39, 0.29) is 0 Å². The zero-order chi connectivity index (χ0) is 12.6. The summed E-state index contributed by atoms with van der Waals surface area (Å²) in [6.45, 7) is 0. The maximum atomic E-state index is 5.18. The monoisotopic (exact) mass is 239 g/mol. The zero-order valence-corrected chi connectivity index (χ0v) is 10.0. The predicted molar refractivity (Wildman–Crippen MR) is 71.8 cm³/mol. The lowest BCUT2D eigenvalue weighted by atomic mass is 10.2. The van der Waals surface area contributed by atoms with Gasteiger partial charge in [0.2, 0.25) is 5.90 Å². The Bertz CT molecular complexity index is 535. The molecule has 1 aromatic heterocycles. The minimum atomic E-state index is 0.463. The largest absolute Gasteiger partial charge is 0.479 e. The average molecular weight is 239 g/mol. The van der Waals surface area contributed by atoms with Crippen molar-refractivity contribution in [3.8, 4) is 0 Å². The van der Waals surface area contributed by atoms with E-state index in [1.54, 1.807) is 25.7 Å². The van der Waals surface area contributed by atoms with Crippen molar-refractivity contribution in [2.24, 2.45) is 10.2 Å². The molecule has 0 amide bonds. The van der Waals surface area contributed by atoms with Crippen LogP contribution in [0.4, 0.5) is 0 Å². The molecule has 0 radical (unpaired) electrons. The Balaban J connectivity index is 2.14. The van der Waals surface area contributed by atoms with E-state index in [9.17, 15) is 0 Å². The molecule has 0 atom stereocenters. The molecule has 18 heavy (non-hydrogen) atoms. The molecule has 90 valence electrons. The lowest BCUT2D eigenvalue weighted by Gasteiger charge is -2.01. The number of hydrogen-bond acceptors (Lipinski definition) is 4. The van der Waals surface area contributed by atoms with Crippen LogP contribution >= 0.6 is 0 Å². The number of ether oxygens (including phenoxy) is 1. The predicted octanol–water partition coefficient (Wildman–Crippen LogP) is 2.51. The summed E-state index contributed by atoms with van der Waals surface area (Å²) in [4.78, 5) is 3.94. The molecule has 0 fully saturated rings. The van der Waals surface area contributed by atoms with Gasteiger partial charge in [-0.25, -0.2) is 0 Å². The van der Waals surface area contributed by atoms with Crippen LogP contribution in [0.25, 0.3) is 0 Å². The summed E-state index contributed by atoms with van der Waals surface area (Å²) in [5, 5.41) is 8.05. The number of pyridine rings is 1. The van der Waals surface area contributed by atoms with Crippen molar-refractivity contribution in [3.63, 3.8) is 0 Å². The van der Waals surface area contributed by atoms with E-state index >= 15 is 0 Å². The van der Waals surface area contributed by atoms with Gasteiger partial charge in [-0.2, -0.15) is 5.10 Å². The zero-order valence-electron chi connectivity index (χ0n) is 10.0. The van der Waals surface area contributed by atoms with Gasteiger partial charge in [-0.3, -0.25) is 4.98 Å². The highest BCUT2D eigenvalue weighted by molar-refractivity contribution is 5.94. The summed E-state index contributed by atoms with van der Waals surface area (Å²) in [6.07, 6.45) is 5.05. The topological polar surface area (TPSA) is 46.8 Å². The van der Waals surface area contributed by atoms with Gasteiger partial charge in [0.25, 0.3) is 0 Å². The maximum Gasteiger partial charge on any atom is 0.240 e. The Hall–Kier alpha value is -2.49. The van der Waals surface area contributed by atoms with Gasteiger partial charge in [-0.05, 0) is 17.7 Å². The van der Waals surface area contributed by atoms with Crippen LogP contribution < -0.4 is 0 Å². The Morgan fingerprint density at radius 1 is 1.11 bits per heavy atom. The first kappa shape index (κ1) is 12.0. The van der Waals surface area contributed by atoms with Gasteiger partial charge < -0.3 is 4.74 Å². The van der Waals surface area contributed by atoms with Gasteiger partial charge in [-0.15, -0.1) is 5.10 Å². The SMILES string of the molecule is CO/C(=N\N=C\c1ccccc1)c1ccncc1. The van der Waals surface area contributed by atoms with Crippen molar-refractivity contribution in [2.75, 3.05) is 7.11 Å². The summed E-state index contributed by atoms with van der Waals surface area (Å²) >= 11 is 0. The van der Waals surface area contributed by atoms with Gasteiger partial charge >= 0.3 is 0 Å². The van der Waals surface area contributed by atoms with E-state index in [0.717, 1.165) is 11.1 Å². The molecule has 4 nitrogen and oxygen atoms in total. The average Bonchev–Trinajstić information content (AvgIpc) is 2.46. The molecule has 4 heteroatoms. The van der Waals surface area contributed by atoms with Crippen LogP contribution in [-0.4, -0.2) is 24.2 Å². The minimum Gasteiger partial charge on any atom is -0.479 e. The molecule has 0 N–H and O–H groups in total. The molecular formula is C14H13N3O. The van der Waals surface area contributed by atoms with Crippen molar-refractivity contribution < 1.29 is 4.74 Å². The lowest BCUT2D eigenvalue weighted by Crippen LogP contribution is -2.02. The smallest absolute Gasteiger partial charge is 0.240 e. The molecule has 1 heterocycles. The van der Waals surface area contributed by atoms with Crippen molar-refractivity contribution in [2.45, 2.75) is 0 Å². The number of hydrogen-bond donors (Lipinski definition) is 0. The second-order valence-corrected chi connectivity index (χ2v) is 3.50. The number of benzene rings is 1. The number of nitrogens with zero attached hydrogens (tertiary/aromatic N) is 3. The second kappa shape index (κ2) is 6.30. The molecule has 0 saturated carbocycles. The highest BCUT2D eigenvalue weighted by atomic mass is 16.5. The minimum absolute atomic E-state index is 0.463. The van der Waals surface area contributed by atoms with Crippen LogP contribution in [0.2, 0.25) is 0 Å². The summed E-state index contributed by atoms with van der Waals surface area (Å²) in [7, 11) is 1.57. The van der Waals surface area contributed by atoms with Gasteiger partial charge in [-0.1, -0.05) is 30.3 Å². The van der Waals surface area contributed by atoms with Gasteiger partial charge in [0.1, 0.15) is 0 Å². The van der Waals surface area contributed by atoms with E-state index in [1.165, 1.54) is 0 Å². The highest BCUT2D eigenvalue weighted by Gasteiger charge is 2.00. The Morgan fingerprint density at radius 3 is 2.50 bits per heavy atom. The van der Waals surface area contributed by atoms with E-state index in [2.05, 4.69) is 15.2 Å². The first-order valence-corrected chi connectivity index (χ1v) is 5.50. The molecule has 0 spiro atoms. The van der Waals surface area contributed by atoms with Crippen LogP contribution in [0.3, 0.4) is 0 Å². The normalized spacial score (nSPS) is 11.7. The third-order valence-electron chi connectivity index (χ3n) is 2.28. The standard InChI is InChI=1S/C14H13N3O/c1-18-14(13-7-9-15-10-8-13)17-16-11-12-5-3-2-4-6-12/h2-11H,1H3/b16-11+,17-14-. The summed E-state index contributed by atoms with van der Waals surface area (Å²) in [5.74, 6) is 0.463. The van der Waals surface area contributed by atoms with E-state index < -0.39 is 0 Å². The van der Waals surface area contributed by atoms with Crippen molar-refractivity contribution >= 4 is 12.1 Å². The van der Waals surface area contributed by atoms with E-state index in [1.807, 2.05) is 42.5 Å². The van der Waals surface area contributed by atoms with Crippen LogP contribution in [-0.2, 0) is 4.74 Å². The van der Waals surface area contributed by atoms with Crippen molar-refractivity contribution in [3.05, 3.63) is 66.0 Å². The highest BCUT2D eigenvalue weighted by Crippen LogP contribution is 2.01. The summed E-state index contributed by atoms with van der Waals surface area (Å²) in [5.41, 5.74) is 1.84. The molecular weight excluding hydrogens is 226 g/mol. The third kappa shape index (κ3) is 3.25. The number of methoxy groups -OCH3 is 1. The molecule has 0 bridgehead atoms. The first-order chi connectivity index (χ1) is 8.90. The summed E-state index contributed by atoms with van der Waals surface area (Å²) in [6, 6.07) is 13.4. The quantitative estimate of drug-likeness (QED) is 0.469. The molecule has 0 aliphatic heterocycles. The molecule has 0 aliphatic carbocycles. The van der Waals surface area contributed by atoms with Gasteiger partial charge in [0, 0.05) is 18.0 Å². The van der Waals surface area contributed by atoms with Gasteiger partial charge in [0.15, 0.2) is 0 Å². The molecule has 2 aromatic rings. The lowest BCUT2D eigenvalue weighted by molar-refractivity contribution is 0.403. The Kier molecular flexibility index (Phi) is 4.19. The van der Waals surface area contributed by atoms with Crippen LogP contribution in [0.1, 0.15) is 11.1 Å². The van der Waals surface area contributed by atoms with Crippen LogP contribution in [0.5, 0.6) is 0 Å². The third-order valence-corrected chi connectivity index (χ3v) is 2.28. The second-order valence-electron chi connectivity index (χ2n) is 3.50. The van der Waals surface area contributed by atoms with Gasteiger partial charge in [0.05, 0.1) is 13.3 Å².